The topological polar surface area (TPSA) is 99.6 Å². The van der Waals surface area contributed by atoms with Gasteiger partial charge in [-0.25, -0.2) is 4.79 Å². The number of carbonyl (C=O) groups is 1. The highest BCUT2D eigenvalue weighted by molar-refractivity contribution is 5.71. The van der Waals surface area contributed by atoms with Crippen LogP contribution in [0.15, 0.2) is 51.6 Å². The molecule has 0 amide bonds. The van der Waals surface area contributed by atoms with Crippen LogP contribution in [0.4, 0.5) is 5.69 Å². The van der Waals surface area contributed by atoms with Crippen molar-refractivity contribution in [2.24, 2.45) is 0 Å². The molecule has 0 spiro atoms. The van der Waals surface area contributed by atoms with Crippen LogP contribution in [-0.4, -0.2) is 29.3 Å². The summed E-state index contributed by atoms with van der Waals surface area (Å²) in [7, 11) is 0. The molecule has 0 aliphatic carbocycles. The lowest BCUT2D eigenvalue weighted by atomic mass is 10.3. The Balaban J connectivity index is 1.55. The van der Waals surface area contributed by atoms with E-state index in [1.807, 2.05) is 12.1 Å². The van der Waals surface area contributed by atoms with E-state index in [1.165, 1.54) is 0 Å². The Bertz CT molecular complexity index is 813. The molecule has 0 saturated carbocycles. The van der Waals surface area contributed by atoms with Crippen LogP contribution in [0, 0.1) is 0 Å². The molecule has 1 N–H and O–H groups in total. The van der Waals surface area contributed by atoms with Crippen molar-refractivity contribution in [3.63, 3.8) is 0 Å². The number of anilines is 1. The van der Waals surface area contributed by atoms with Crippen molar-refractivity contribution in [1.82, 2.24) is 10.1 Å². The Morgan fingerprint density at radius 2 is 2.20 bits per heavy atom. The number of nitrogens with one attached hydrogen (secondary N) is 1. The lowest BCUT2D eigenvalue weighted by Gasteiger charge is -2.08. The number of ether oxygens (including phenoxy) is 2. The quantitative estimate of drug-likeness (QED) is 0.623. The van der Waals surface area contributed by atoms with E-state index in [0.29, 0.717) is 36.4 Å². The number of nitrogens with zero attached hydrogens (tertiary/aromatic N) is 2. The Labute approximate surface area is 143 Å². The Hall–Kier alpha value is -3.29. The molecule has 0 saturated heterocycles. The summed E-state index contributed by atoms with van der Waals surface area (Å²) in [5, 5.41) is 7.01. The maximum atomic E-state index is 11.3. The molecule has 0 atom stereocenters. The molecule has 0 aliphatic heterocycles. The molecule has 0 bridgehead atoms. The van der Waals surface area contributed by atoms with E-state index in [-0.39, 0.29) is 6.61 Å². The van der Waals surface area contributed by atoms with E-state index in [1.54, 1.807) is 37.5 Å². The average molecular weight is 343 g/mol. The molecule has 1 aromatic carbocycles. The summed E-state index contributed by atoms with van der Waals surface area (Å²) in [5.41, 5.74) is 0.791. The first-order valence-electron chi connectivity index (χ1n) is 7.73. The third-order valence-corrected chi connectivity index (χ3v) is 3.15. The molecule has 8 nitrogen and oxygen atoms in total. The zero-order valence-corrected chi connectivity index (χ0v) is 13.6. The molecule has 3 aromatic rings. The van der Waals surface area contributed by atoms with Gasteiger partial charge in [0.25, 0.3) is 0 Å². The van der Waals surface area contributed by atoms with Gasteiger partial charge in [-0.3, -0.25) is 0 Å². The minimum Gasteiger partial charge on any atom is -0.482 e. The monoisotopic (exact) mass is 343 g/mol. The highest BCUT2D eigenvalue weighted by atomic mass is 16.6. The SMILES string of the molecule is CCOC(=O)COc1cccc(NCc2nc(-c3ccco3)no2)c1. The van der Waals surface area contributed by atoms with Crippen LogP contribution in [0.25, 0.3) is 11.6 Å². The molecule has 130 valence electrons. The standard InChI is InChI=1S/C17H17N3O5/c1-2-22-16(21)11-24-13-6-3-5-12(9-13)18-10-15-19-17(20-25-15)14-7-4-8-23-14/h3-9,18H,2,10-11H2,1H3. The molecule has 2 heterocycles. The number of hydrogen-bond acceptors (Lipinski definition) is 8. The third-order valence-electron chi connectivity index (χ3n) is 3.15. The van der Waals surface area contributed by atoms with Crippen molar-refractivity contribution in [3.05, 3.63) is 48.6 Å². The molecule has 3 rings (SSSR count). The zero-order chi connectivity index (χ0) is 17.5. The summed E-state index contributed by atoms with van der Waals surface area (Å²) in [6, 6.07) is 10.7. The summed E-state index contributed by atoms with van der Waals surface area (Å²) in [4.78, 5) is 15.6. The zero-order valence-electron chi connectivity index (χ0n) is 13.6. The predicted octanol–water partition coefficient (Wildman–Crippen LogP) is 2.88. The molecule has 25 heavy (non-hydrogen) atoms. The minimum atomic E-state index is -0.405. The molecule has 0 radical (unpaired) electrons. The van der Waals surface area contributed by atoms with Crippen molar-refractivity contribution in [2.45, 2.75) is 13.5 Å². The van der Waals surface area contributed by atoms with E-state index in [4.69, 9.17) is 18.4 Å². The lowest BCUT2D eigenvalue weighted by molar-refractivity contribution is -0.145. The van der Waals surface area contributed by atoms with Gasteiger partial charge in [-0.1, -0.05) is 11.2 Å². The van der Waals surface area contributed by atoms with Gasteiger partial charge in [0.15, 0.2) is 12.4 Å². The smallest absolute Gasteiger partial charge is 0.344 e. The van der Waals surface area contributed by atoms with E-state index in [2.05, 4.69) is 15.5 Å². The maximum absolute atomic E-state index is 11.3. The maximum Gasteiger partial charge on any atom is 0.344 e. The van der Waals surface area contributed by atoms with Crippen LogP contribution in [0.3, 0.4) is 0 Å². The normalized spacial score (nSPS) is 10.4. The van der Waals surface area contributed by atoms with Crippen molar-refractivity contribution in [1.29, 1.82) is 0 Å². The molecular formula is C17H17N3O5. The Kier molecular flexibility index (Phi) is 5.30. The van der Waals surface area contributed by atoms with Gasteiger partial charge < -0.3 is 23.7 Å². The second-order valence-corrected chi connectivity index (χ2v) is 4.96. The van der Waals surface area contributed by atoms with Gasteiger partial charge in [-0.15, -0.1) is 0 Å². The van der Waals surface area contributed by atoms with Gasteiger partial charge in [0.2, 0.25) is 11.7 Å². The second kappa shape index (κ2) is 8.00. The number of hydrogen-bond donors (Lipinski definition) is 1. The van der Waals surface area contributed by atoms with E-state index < -0.39 is 5.97 Å². The number of furan rings is 1. The van der Waals surface area contributed by atoms with Crippen molar-refractivity contribution in [3.8, 4) is 17.3 Å². The molecule has 0 aliphatic rings. The molecule has 2 aromatic heterocycles. The van der Waals surface area contributed by atoms with Crippen molar-refractivity contribution in [2.75, 3.05) is 18.5 Å². The lowest BCUT2D eigenvalue weighted by Crippen LogP contribution is -2.14. The van der Waals surface area contributed by atoms with Crippen LogP contribution in [-0.2, 0) is 16.1 Å². The summed E-state index contributed by atoms with van der Waals surface area (Å²) in [6.07, 6.45) is 1.55. The summed E-state index contributed by atoms with van der Waals surface area (Å²) in [5.74, 6) is 1.51. The number of rotatable bonds is 8. The van der Waals surface area contributed by atoms with Gasteiger partial charge in [0.05, 0.1) is 19.4 Å². The van der Waals surface area contributed by atoms with Gasteiger partial charge in [0.1, 0.15) is 5.75 Å². The molecule has 0 unspecified atom stereocenters. The van der Waals surface area contributed by atoms with Gasteiger partial charge >= 0.3 is 5.97 Å². The van der Waals surface area contributed by atoms with Crippen LogP contribution >= 0.6 is 0 Å². The number of esters is 1. The average Bonchev–Trinajstić information content (AvgIpc) is 3.30. The number of benzene rings is 1. The van der Waals surface area contributed by atoms with Crippen molar-refractivity contribution >= 4 is 11.7 Å². The Morgan fingerprint density at radius 3 is 3.00 bits per heavy atom. The van der Waals surface area contributed by atoms with Gasteiger partial charge in [-0.2, -0.15) is 4.98 Å². The van der Waals surface area contributed by atoms with Gasteiger partial charge in [0, 0.05) is 11.8 Å². The molecule has 0 fully saturated rings. The molecular weight excluding hydrogens is 326 g/mol. The van der Waals surface area contributed by atoms with Crippen LogP contribution in [0.5, 0.6) is 5.75 Å². The predicted molar refractivity (Wildman–Crippen MR) is 87.9 cm³/mol. The van der Waals surface area contributed by atoms with Crippen LogP contribution in [0.2, 0.25) is 0 Å². The first kappa shape index (κ1) is 16.6. The summed E-state index contributed by atoms with van der Waals surface area (Å²) in [6.45, 7) is 2.29. The van der Waals surface area contributed by atoms with Crippen LogP contribution < -0.4 is 10.1 Å². The third kappa shape index (κ3) is 4.60. The molecule has 8 heteroatoms. The van der Waals surface area contributed by atoms with Crippen LogP contribution in [0.1, 0.15) is 12.8 Å². The largest absolute Gasteiger partial charge is 0.482 e. The fraction of sp³-hybridized carbons (Fsp3) is 0.235. The van der Waals surface area contributed by atoms with E-state index in [0.717, 1.165) is 5.69 Å². The summed E-state index contributed by atoms with van der Waals surface area (Å²) < 4.78 is 20.6. The first-order valence-corrected chi connectivity index (χ1v) is 7.73. The van der Waals surface area contributed by atoms with Gasteiger partial charge in [-0.05, 0) is 31.2 Å². The Morgan fingerprint density at radius 1 is 1.28 bits per heavy atom. The highest BCUT2D eigenvalue weighted by Gasteiger charge is 2.10. The fourth-order valence-corrected chi connectivity index (χ4v) is 2.05. The second-order valence-electron chi connectivity index (χ2n) is 4.96. The first-order chi connectivity index (χ1) is 12.2. The van der Waals surface area contributed by atoms with Crippen molar-refractivity contribution < 1.29 is 23.2 Å². The minimum absolute atomic E-state index is 0.131. The fourth-order valence-electron chi connectivity index (χ4n) is 2.05. The number of aromatic nitrogens is 2. The van der Waals surface area contributed by atoms with E-state index >= 15 is 0 Å². The highest BCUT2D eigenvalue weighted by Crippen LogP contribution is 2.19. The van der Waals surface area contributed by atoms with E-state index in [9.17, 15) is 4.79 Å². The number of carbonyl (C=O) groups excluding carboxylic acids is 1. The summed E-state index contributed by atoms with van der Waals surface area (Å²) >= 11 is 0.